The number of amides is 1. The molecule has 0 aliphatic rings. The summed E-state index contributed by atoms with van der Waals surface area (Å²) in [6.45, 7) is 4.57. The number of benzene rings is 1. The number of ether oxygens (including phenoxy) is 1. The number of rotatable bonds is 7. The van der Waals surface area contributed by atoms with E-state index in [9.17, 15) is 9.59 Å². The van der Waals surface area contributed by atoms with Gasteiger partial charge in [-0.3, -0.25) is 19.7 Å². The van der Waals surface area contributed by atoms with E-state index in [2.05, 4.69) is 20.4 Å². The molecule has 1 aromatic carbocycles. The van der Waals surface area contributed by atoms with Crippen molar-refractivity contribution in [3.63, 3.8) is 0 Å². The van der Waals surface area contributed by atoms with Crippen LogP contribution < -0.4 is 15.6 Å². The third-order valence-electron chi connectivity index (χ3n) is 5.08. The van der Waals surface area contributed by atoms with Crippen LogP contribution in [0.2, 0.25) is 0 Å². The zero-order valence-electron chi connectivity index (χ0n) is 17.4. The molecule has 158 valence electrons. The van der Waals surface area contributed by atoms with Crippen molar-refractivity contribution in [1.82, 2.24) is 24.9 Å². The number of fused-ring (bicyclic) bond motifs is 1. The molecular formula is C23H23N5O3. The molecule has 1 amide bonds. The standard InChI is InChI=1S/C23H23N5O3/c1-15-20(16(2)28-21(26-15)11-23(30)27-28)10-22(29)25-13-17-5-7-19(8-6-17)31-14-18-4-3-9-24-12-18/h3-9,11-12H,10,13-14H2,1-2H3,(H,25,29)(H,27,30). The quantitative estimate of drug-likeness (QED) is 0.481. The zero-order valence-corrected chi connectivity index (χ0v) is 17.4. The molecule has 4 rings (SSSR count). The lowest BCUT2D eigenvalue weighted by atomic mass is 10.1. The van der Waals surface area contributed by atoms with Crippen LogP contribution in [-0.4, -0.2) is 25.5 Å². The maximum Gasteiger partial charge on any atom is 0.266 e. The lowest BCUT2D eigenvalue weighted by Crippen LogP contribution is -2.25. The second-order valence-electron chi connectivity index (χ2n) is 7.32. The van der Waals surface area contributed by atoms with Gasteiger partial charge in [-0.05, 0) is 37.6 Å². The lowest BCUT2D eigenvalue weighted by Gasteiger charge is -2.12. The molecule has 8 heteroatoms. The molecule has 0 aliphatic carbocycles. The number of H-pyrrole nitrogens is 1. The van der Waals surface area contributed by atoms with E-state index >= 15 is 0 Å². The summed E-state index contributed by atoms with van der Waals surface area (Å²) in [5.74, 6) is 0.643. The van der Waals surface area contributed by atoms with Crippen LogP contribution in [0.4, 0.5) is 0 Å². The van der Waals surface area contributed by atoms with E-state index in [1.807, 2.05) is 50.2 Å². The van der Waals surface area contributed by atoms with Crippen LogP contribution in [-0.2, 0) is 24.4 Å². The molecular weight excluding hydrogens is 394 g/mol. The van der Waals surface area contributed by atoms with Crippen molar-refractivity contribution in [3.05, 3.63) is 93.3 Å². The molecule has 3 aromatic heterocycles. The van der Waals surface area contributed by atoms with Gasteiger partial charge in [-0.1, -0.05) is 18.2 Å². The third kappa shape index (κ3) is 4.80. The van der Waals surface area contributed by atoms with Crippen molar-refractivity contribution in [2.24, 2.45) is 0 Å². The van der Waals surface area contributed by atoms with Crippen LogP contribution in [0.3, 0.4) is 0 Å². The summed E-state index contributed by atoms with van der Waals surface area (Å²) in [7, 11) is 0. The van der Waals surface area contributed by atoms with E-state index in [1.165, 1.54) is 6.07 Å². The van der Waals surface area contributed by atoms with Crippen LogP contribution in [0, 0.1) is 13.8 Å². The topological polar surface area (TPSA) is 101 Å². The molecule has 2 N–H and O–H groups in total. The highest BCUT2D eigenvalue weighted by Gasteiger charge is 2.14. The molecule has 0 atom stereocenters. The molecule has 4 aromatic rings. The van der Waals surface area contributed by atoms with E-state index in [0.29, 0.717) is 18.8 Å². The number of aryl methyl sites for hydroxylation is 2. The van der Waals surface area contributed by atoms with Gasteiger partial charge < -0.3 is 10.1 Å². The minimum Gasteiger partial charge on any atom is -0.489 e. The Morgan fingerprint density at radius 3 is 2.71 bits per heavy atom. The van der Waals surface area contributed by atoms with Gasteiger partial charge in [0.05, 0.1) is 6.42 Å². The van der Waals surface area contributed by atoms with Gasteiger partial charge in [-0.25, -0.2) is 9.50 Å². The number of aromatic amines is 1. The first-order chi connectivity index (χ1) is 15.0. The number of hydrogen-bond donors (Lipinski definition) is 2. The van der Waals surface area contributed by atoms with Crippen molar-refractivity contribution < 1.29 is 9.53 Å². The third-order valence-corrected chi connectivity index (χ3v) is 5.08. The lowest BCUT2D eigenvalue weighted by molar-refractivity contribution is -0.120. The minimum absolute atomic E-state index is 0.112. The zero-order chi connectivity index (χ0) is 21.8. The molecule has 0 radical (unpaired) electrons. The van der Waals surface area contributed by atoms with Crippen LogP contribution in [0.15, 0.2) is 59.7 Å². The van der Waals surface area contributed by atoms with E-state index in [0.717, 1.165) is 33.8 Å². The molecule has 0 aliphatic heterocycles. The Morgan fingerprint density at radius 2 is 1.97 bits per heavy atom. The van der Waals surface area contributed by atoms with Gasteiger partial charge in [-0.2, -0.15) is 0 Å². The van der Waals surface area contributed by atoms with Gasteiger partial charge in [0.1, 0.15) is 12.4 Å². The Kier molecular flexibility index (Phi) is 5.79. The number of carbonyl (C=O) groups is 1. The smallest absolute Gasteiger partial charge is 0.266 e. The highest BCUT2D eigenvalue weighted by atomic mass is 16.5. The van der Waals surface area contributed by atoms with Crippen LogP contribution in [0.1, 0.15) is 28.1 Å². The number of hydrogen-bond acceptors (Lipinski definition) is 5. The first-order valence-electron chi connectivity index (χ1n) is 9.95. The van der Waals surface area contributed by atoms with E-state index in [1.54, 1.807) is 16.9 Å². The van der Waals surface area contributed by atoms with Crippen molar-refractivity contribution >= 4 is 11.6 Å². The van der Waals surface area contributed by atoms with Crippen molar-refractivity contribution in [3.8, 4) is 5.75 Å². The van der Waals surface area contributed by atoms with E-state index in [4.69, 9.17) is 4.74 Å². The van der Waals surface area contributed by atoms with Crippen molar-refractivity contribution in [2.75, 3.05) is 0 Å². The summed E-state index contributed by atoms with van der Waals surface area (Å²) in [6.07, 6.45) is 3.69. The Hall–Kier alpha value is -3.94. The highest BCUT2D eigenvalue weighted by Crippen LogP contribution is 2.15. The van der Waals surface area contributed by atoms with Gasteiger partial charge in [0.25, 0.3) is 5.56 Å². The molecule has 0 bridgehead atoms. The van der Waals surface area contributed by atoms with Crippen LogP contribution in [0.25, 0.3) is 5.65 Å². The van der Waals surface area contributed by atoms with Crippen LogP contribution in [0.5, 0.6) is 5.75 Å². The number of nitrogens with one attached hydrogen (secondary N) is 2. The summed E-state index contributed by atoms with van der Waals surface area (Å²) in [4.78, 5) is 32.6. The number of aromatic nitrogens is 4. The van der Waals surface area contributed by atoms with E-state index in [-0.39, 0.29) is 17.9 Å². The highest BCUT2D eigenvalue weighted by molar-refractivity contribution is 5.79. The fourth-order valence-electron chi connectivity index (χ4n) is 3.39. The Bertz CT molecular complexity index is 1260. The average molecular weight is 417 g/mol. The molecule has 3 heterocycles. The van der Waals surface area contributed by atoms with Gasteiger partial charge in [-0.15, -0.1) is 0 Å². The number of pyridine rings is 1. The summed E-state index contributed by atoms with van der Waals surface area (Å²) < 4.78 is 7.37. The molecule has 0 fully saturated rings. The minimum atomic E-state index is -0.218. The largest absolute Gasteiger partial charge is 0.489 e. The second kappa shape index (κ2) is 8.83. The Labute approximate surface area is 178 Å². The average Bonchev–Trinajstić information content (AvgIpc) is 3.15. The predicted octanol–water partition coefficient (Wildman–Crippen LogP) is 2.47. The maximum absolute atomic E-state index is 12.5. The Balaban J connectivity index is 1.34. The molecule has 0 unspecified atom stereocenters. The van der Waals surface area contributed by atoms with Crippen molar-refractivity contribution in [1.29, 1.82) is 0 Å². The normalized spacial score (nSPS) is 10.9. The summed E-state index contributed by atoms with van der Waals surface area (Å²) >= 11 is 0. The monoisotopic (exact) mass is 417 g/mol. The molecule has 0 saturated heterocycles. The first kappa shape index (κ1) is 20.3. The fraction of sp³-hybridized carbons (Fsp3) is 0.217. The van der Waals surface area contributed by atoms with Crippen LogP contribution >= 0.6 is 0 Å². The molecule has 0 spiro atoms. The predicted molar refractivity (Wildman–Crippen MR) is 116 cm³/mol. The number of nitrogens with zero attached hydrogens (tertiary/aromatic N) is 3. The fourth-order valence-corrected chi connectivity index (χ4v) is 3.39. The van der Waals surface area contributed by atoms with E-state index < -0.39 is 0 Å². The summed E-state index contributed by atoms with van der Waals surface area (Å²) in [5, 5.41) is 5.64. The first-order valence-corrected chi connectivity index (χ1v) is 9.95. The van der Waals surface area contributed by atoms with Gasteiger partial charge >= 0.3 is 0 Å². The van der Waals surface area contributed by atoms with Gasteiger partial charge in [0, 0.05) is 47.5 Å². The van der Waals surface area contributed by atoms with Gasteiger partial charge in [0.15, 0.2) is 5.65 Å². The van der Waals surface area contributed by atoms with Gasteiger partial charge in [0.2, 0.25) is 5.91 Å². The second-order valence-corrected chi connectivity index (χ2v) is 7.32. The van der Waals surface area contributed by atoms with Crippen molar-refractivity contribution in [2.45, 2.75) is 33.4 Å². The summed E-state index contributed by atoms with van der Waals surface area (Å²) in [5.41, 5.74) is 4.65. The molecule has 8 nitrogen and oxygen atoms in total. The maximum atomic E-state index is 12.5. The molecule has 0 saturated carbocycles. The summed E-state index contributed by atoms with van der Waals surface area (Å²) in [6, 6.07) is 12.9. The number of carbonyl (C=O) groups excluding carboxylic acids is 1. The SMILES string of the molecule is Cc1nc2cc(=O)[nH]n2c(C)c1CC(=O)NCc1ccc(OCc2cccnc2)cc1. The molecule has 31 heavy (non-hydrogen) atoms. The Morgan fingerprint density at radius 1 is 1.16 bits per heavy atom.